The predicted octanol–water partition coefficient (Wildman–Crippen LogP) is 16.0. The number of hydrogen-bond acceptors (Lipinski definition) is 21. The van der Waals surface area contributed by atoms with Crippen LogP contribution in [0.2, 0.25) is 0 Å². The second kappa shape index (κ2) is 38.7. The van der Waals surface area contributed by atoms with Crippen molar-refractivity contribution in [2.75, 3.05) is 16.0 Å². The van der Waals surface area contributed by atoms with Gasteiger partial charge in [0.15, 0.2) is 0 Å². The Labute approximate surface area is 647 Å². The van der Waals surface area contributed by atoms with E-state index in [9.17, 15) is 98.2 Å². The Hall–Kier alpha value is -15.2. The van der Waals surface area contributed by atoms with Crippen LogP contribution in [0.4, 0.5) is 92.8 Å². The second-order valence-electron chi connectivity index (χ2n) is 24.4. The number of urea groups is 2. The number of fused-ring (bicyclic) bond motifs is 3. The Morgan fingerprint density at radius 1 is 0.483 bits per heavy atom. The standard InChI is InChI=1S/2C20H16F2N6O3.C18H12FN3O4.C11H7F5N2O.C7H6O2/c2*21-18(22)7-15-6-13-10-27(11-14(13)9-24-15)20(29)26-19-17(28(30)31)4-3-16(25-19)12-2-1-5-23-8-12;19-13-8-6-12(7-9-13)15-10-11-16(22(24)25)17(20-15)21-18(23)26-14-4-2-1-3-5-14;12-9(13)2-8-1-6-4-18(5-7(6)3-17-8)10(19)11(14,15)16;8-6-9-7-4-2-1-3-5-7/h2*1-6,8-9,18H,7,10-11H2,(H,25,26,29);1-11H,(H,20,21,23);1-3H,4-5H2;1-6H. The van der Waals surface area contributed by atoms with Crippen LogP contribution in [0, 0.1) is 36.2 Å². The molecule has 3 aliphatic heterocycles. The van der Waals surface area contributed by atoms with E-state index in [0.717, 1.165) is 11.1 Å². The van der Waals surface area contributed by atoms with Crippen LogP contribution in [-0.4, -0.2) is 119 Å². The van der Waals surface area contributed by atoms with Crippen LogP contribution in [-0.2, 0) is 61.7 Å². The fraction of sp³-hybridized carbons (Fsp3) is 0.145. The maximum absolute atomic E-state index is 13.0. The SMILES string of the molecule is O=C(N1Cc2cnc(C=C(F)F)cc2C1)C(F)(F)F.O=C(Nc1nc(-c2ccc(F)cc2)ccc1[N+](=O)[O-])Oc1ccccc1.O=C(Nc1nc(-c2cccnc2)ccc1[N+](=O)[O-])N1Cc2cnc(CC(F)F)cc2C1.O=C(Nc1nc(-c2cccnc2)ccc1[N+](=O)[O-])N1Cc2cnc(CC(F)F)cc2C1.O=COc1ccccc1. The number of aromatic nitrogens is 8. The van der Waals surface area contributed by atoms with E-state index >= 15 is 0 Å². The highest BCUT2D eigenvalue weighted by atomic mass is 19.4. The number of nitro groups is 3. The Kier molecular flexibility index (Phi) is 27.8. The van der Waals surface area contributed by atoms with E-state index in [2.05, 4.69) is 60.6 Å². The molecule has 594 valence electrons. The van der Waals surface area contributed by atoms with Crippen molar-refractivity contribution in [3.63, 3.8) is 0 Å². The fourth-order valence-corrected chi connectivity index (χ4v) is 11.1. The summed E-state index contributed by atoms with van der Waals surface area (Å²) in [7, 11) is 0. The number of carbonyl (C=O) groups excluding carboxylic acids is 5. The number of nitrogens with one attached hydrogen (secondary N) is 3. The van der Waals surface area contributed by atoms with Crippen molar-refractivity contribution >= 4 is 71.1 Å². The van der Waals surface area contributed by atoms with Gasteiger partial charge in [0.25, 0.3) is 12.6 Å². The molecule has 14 rings (SSSR count). The van der Waals surface area contributed by atoms with Crippen molar-refractivity contribution in [3.8, 4) is 45.3 Å². The minimum absolute atomic E-state index is 0.0555. The van der Waals surface area contributed by atoms with Gasteiger partial charge in [-0.3, -0.25) is 80.8 Å². The summed E-state index contributed by atoms with van der Waals surface area (Å²) in [6.45, 7) is 0.702. The molecule has 3 aromatic carbocycles. The number of anilines is 3. The lowest BCUT2D eigenvalue weighted by Gasteiger charge is -2.16. The van der Waals surface area contributed by atoms with Crippen LogP contribution in [0.3, 0.4) is 0 Å². The second-order valence-corrected chi connectivity index (χ2v) is 24.4. The van der Waals surface area contributed by atoms with Gasteiger partial charge in [-0.25, -0.2) is 51.3 Å². The van der Waals surface area contributed by atoms with Gasteiger partial charge in [-0.15, -0.1) is 0 Å². The summed E-state index contributed by atoms with van der Waals surface area (Å²) in [5, 5.41) is 41.2. The van der Waals surface area contributed by atoms with E-state index in [-0.39, 0.29) is 96.6 Å². The Morgan fingerprint density at radius 2 is 0.888 bits per heavy atom. The third-order valence-corrected chi connectivity index (χ3v) is 16.5. The molecule has 0 atom stereocenters. The number of ether oxygens (including phenoxy) is 2. The molecule has 0 radical (unpaired) electrons. The van der Waals surface area contributed by atoms with Gasteiger partial charge in [0.2, 0.25) is 30.3 Å². The zero-order valence-corrected chi connectivity index (χ0v) is 59.4. The van der Waals surface area contributed by atoms with Gasteiger partial charge in [0.05, 0.1) is 50.4 Å². The molecule has 0 spiro atoms. The van der Waals surface area contributed by atoms with E-state index in [0.29, 0.717) is 79.2 Å². The molecule has 0 aliphatic carbocycles. The third-order valence-electron chi connectivity index (χ3n) is 16.5. The molecule has 8 aromatic heterocycles. The number of alkyl halides is 7. The molecule has 3 aliphatic rings. The van der Waals surface area contributed by atoms with Crippen molar-refractivity contribution < 1.29 is 92.1 Å². The number of halogens is 10. The lowest BCUT2D eigenvalue weighted by molar-refractivity contribution is -0.384. The summed E-state index contributed by atoms with van der Waals surface area (Å²) < 4.78 is 134. The summed E-state index contributed by atoms with van der Waals surface area (Å²) in [6.07, 6.45) is -2.80. The number of hydrogen-bond donors (Lipinski definition) is 3. The number of para-hydroxylation sites is 2. The van der Waals surface area contributed by atoms with E-state index in [1.54, 1.807) is 116 Å². The number of rotatable bonds is 17. The largest absolute Gasteiger partial charge is 0.471 e. The Bertz CT molecular complexity index is 5250. The van der Waals surface area contributed by atoms with E-state index < -0.39 is 82.6 Å². The zero-order valence-electron chi connectivity index (χ0n) is 59.4. The molecule has 116 heavy (non-hydrogen) atoms. The lowest BCUT2D eigenvalue weighted by atomic mass is 10.1. The minimum atomic E-state index is -4.94. The van der Waals surface area contributed by atoms with Crippen LogP contribution in [0.5, 0.6) is 11.5 Å². The number of pyridine rings is 8. The summed E-state index contributed by atoms with van der Waals surface area (Å²) in [4.78, 5) is 126. The van der Waals surface area contributed by atoms with Crippen LogP contribution in [0.1, 0.15) is 50.5 Å². The van der Waals surface area contributed by atoms with Crippen molar-refractivity contribution in [2.24, 2.45) is 0 Å². The van der Waals surface area contributed by atoms with E-state index in [1.165, 1.54) is 95.1 Å². The normalized spacial score (nSPS) is 12.1. The Balaban J connectivity index is 0.000000159. The number of amides is 6. The molecule has 11 aromatic rings. The highest BCUT2D eigenvalue weighted by Gasteiger charge is 2.44. The molecule has 0 fully saturated rings. The maximum atomic E-state index is 13.0. The first-order valence-electron chi connectivity index (χ1n) is 33.7. The molecular weight excluding hydrogens is 1550 g/mol. The topological polar surface area (TPSA) is 382 Å². The van der Waals surface area contributed by atoms with Gasteiger partial charge in [-0.05, 0) is 143 Å². The monoisotopic (exact) mass is 1610 g/mol. The molecule has 0 bridgehead atoms. The predicted molar refractivity (Wildman–Crippen MR) is 393 cm³/mol. The summed E-state index contributed by atoms with van der Waals surface area (Å²) in [5.41, 5.74) is 6.06. The number of nitrogens with zero attached hydrogens (tertiary/aromatic N) is 14. The van der Waals surface area contributed by atoms with E-state index in [1.807, 2.05) is 6.07 Å². The number of benzene rings is 3. The molecule has 40 heteroatoms. The quantitative estimate of drug-likeness (QED) is 0.0330. The average Bonchev–Trinajstić information content (AvgIpc) is 1.64. The van der Waals surface area contributed by atoms with Gasteiger partial charge in [-0.2, -0.15) is 22.0 Å². The smallest absolute Gasteiger partial charge is 0.429 e. The first kappa shape index (κ1) is 83.3. The van der Waals surface area contributed by atoms with Gasteiger partial charge >= 0.3 is 47.3 Å². The fourth-order valence-electron chi connectivity index (χ4n) is 11.1. The molecule has 6 amide bonds. The molecule has 3 N–H and O–H groups in total. The van der Waals surface area contributed by atoms with Gasteiger partial charge in [0.1, 0.15) is 17.3 Å². The van der Waals surface area contributed by atoms with Crippen molar-refractivity contribution in [3.05, 3.63) is 300 Å². The van der Waals surface area contributed by atoms with Crippen molar-refractivity contribution in [1.29, 1.82) is 0 Å². The Morgan fingerprint density at radius 3 is 1.30 bits per heavy atom. The molecule has 30 nitrogen and oxygen atoms in total. The van der Waals surface area contributed by atoms with E-state index in [4.69, 9.17) is 4.74 Å². The average molecular weight is 1610 g/mol. The number of carbonyl (C=O) groups is 5. The molecule has 11 heterocycles. The molecular formula is C76H57F10N17O13. The minimum Gasteiger partial charge on any atom is -0.429 e. The van der Waals surface area contributed by atoms with Crippen LogP contribution >= 0.6 is 0 Å². The van der Waals surface area contributed by atoms with Crippen molar-refractivity contribution in [1.82, 2.24) is 54.6 Å². The maximum Gasteiger partial charge on any atom is 0.471 e. The lowest BCUT2D eigenvalue weighted by Crippen LogP contribution is -2.37. The van der Waals surface area contributed by atoms with Crippen LogP contribution < -0.4 is 25.4 Å². The van der Waals surface area contributed by atoms with Crippen LogP contribution in [0.15, 0.2) is 213 Å². The van der Waals surface area contributed by atoms with Gasteiger partial charge < -0.3 is 24.2 Å². The molecule has 0 unspecified atom stereocenters. The highest BCUT2D eigenvalue weighted by Crippen LogP contribution is 2.34. The van der Waals surface area contributed by atoms with Crippen molar-refractivity contribution in [2.45, 2.75) is 71.1 Å². The summed E-state index contributed by atoms with van der Waals surface area (Å²) >= 11 is 0. The summed E-state index contributed by atoms with van der Waals surface area (Å²) in [5.74, 6) is -2.15. The first-order valence-corrected chi connectivity index (χ1v) is 33.7. The summed E-state index contributed by atoms with van der Waals surface area (Å²) in [6, 6.07) is 40.8. The van der Waals surface area contributed by atoms with Gasteiger partial charge in [0, 0.05) is 135 Å². The molecule has 0 saturated heterocycles. The van der Waals surface area contributed by atoms with Crippen LogP contribution in [0.25, 0.3) is 39.8 Å². The third kappa shape index (κ3) is 23.2. The van der Waals surface area contributed by atoms with Gasteiger partial charge in [-0.1, -0.05) is 36.4 Å². The highest BCUT2D eigenvalue weighted by molar-refractivity contribution is 5.93. The first-order chi connectivity index (χ1) is 55.5. The molecule has 0 saturated carbocycles. The zero-order chi connectivity index (χ0) is 83.2.